The van der Waals surface area contributed by atoms with Crippen LogP contribution in [0.4, 0.5) is 13.2 Å². The summed E-state index contributed by atoms with van der Waals surface area (Å²) in [5.41, 5.74) is 4.46. The molecule has 2 aromatic rings. The van der Waals surface area contributed by atoms with Crippen LogP contribution in [0.25, 0.3) is 0 Å². The number of hydroxylamine groups is 1. The van der Waals surface area contributed by atoms with Gasteiger partial charge >= 0.3 is 6.36 Å². The summed E-state index contributed by atoms with van der Waals surface area (Å²) >= 11 is 0. The van der Waals surface area contributed by atoms with Gasteiger partial charge in [0.05, 0.1) is 11.5 Å². The summed E-state index contributed by atoms with van der Waals surface area (Å²) in [6.07, 6.45) is -1.81. The van der Waals surface area contributed by atoms with Crippen LogP contribution in [0, 0.1) is 11.3 Å². The SMILES string of the molecule is N=C(/N=N\NCCCOc1ccc(S(=O)(=O)C2(C(=O)NO)CCN(CC3CC3)CC2)cc1)c1ccc(OC(F)(F)F)cc1. The van der Waals surface area contributed by atoms with Gasteiger partial charge < -0.3 is 14.4 Å². The van der Waals surface area contributed by atoms with E-state index in [0.717, 1.165) is 18.7 Å². The molecule has 0 unspecified atom stereocenters. The van der Waals surface area contributed by atoms with Crippen LogP contribution in [-0.4, -0.2) is 74.2 Å². The van der Waals surface area contributed by atoms with Gasteiger partial charge in [-0.25, -0.2) is 13.9 Å². The number of hydrogen-bond acceptors (Lipinski definition) is 9. The van der Waals surface area contributed by atoms with Crippen molar-refractivity contribution < 1.29 is 41.1 Å². The van der Waals surface area contributed by atoms with Crippen LogP contribution in [0.2, 0.25) is 0 Å². The molecular weight excluding hydrogens is 593 g/mol. The third-order valence-electron chi connectivity index (χ3n) is 7.32. The number of halogens is 3. The number of alkyl halides is 3. The summed E-state index contributed by atoms with van der Waals surface area (Å²) in [6, 6.07) is 10.4. The van der Waals surface area contributed by atoms with Crippen LogP contribution in [0.3, 0.4) is 0 Å². The van der Waals surface area contributed by atoms with Crippen molar-refractivity contribution in [1.82, 2.24) is 15.8 Å². The van der Waals surface area contributed by atoms with E-state index in [9.17, 15) is 31.6 Å². The van der Waals surface area contributed by atoms with Crippen molar-refractivity contribution in [2.24, 2.45) is 16.3 Å². The lowest BCUT2D eigenvalue weighted by molar-refractivity contribution is -0.274. The first-order chi connectivity index (χ1) is 20.4. The molecule has 234 valence electrons. The second kappa shape index (κ2) is 13.7. The maximum absolute atomic E-state index is 13.6. The van der Waals surface area contributed by atoms with E-state index < -0.39 is 32.6 Å². The first-order valence-corrected chi connectivity index (χ1v) is 15.1. The minimum Gasteiger partial charge on any atom is -0.494 e. The Hall–Kier alpha value is -3.76. The van der Waals surface area contributed by atoms with Crippen molar-refractivity contribution in [3.8, 4) is 11.5 Å². The average Bonchev–Trinajstić information content (AvgIpc) is 3.80. The van der Waals surface area contributed by atoms with Gasteiger partial charge in [-0.15, -0.1) is 18.3 Å². The molecule has 2 aliphatic rings. The molecule has 1 heterocycles. The fourth-order valence-electron chi connectivity index (χ4n) is 4.77. The highest BCUT2D eigenvalue weighted by Gasteiger charge is 2.53. The lowest BCUT2D eigenvalue weighted by atomic mass is 9.94. The van der Waals surface area contributed by atoms with Crippen molar-refractivity contribution in [3.05, 3.63) is 54.1 Å². The van der Waals surface area contributed by atoms with Crippen LogP contribution in [-0.2, 0) is 14.6 Å². The zero-order chi connectivity index (χ0) is 31.1. The Morgan fingerprint density at radius 2 is 1.70 bits per heavy atom. The Labute approximate surface area is 246 Å². The summed E-state index contributed by atoms with van der Waals surface area (Å²) in [5, 5.41) is 24.5. The zero-order valence-electron chi connectivity index (χ0n) is 23.1. The second-order valence-corrected chi connectivity index (χ2v) is 12.6. The molecule has 1 saturated heterocycles. The molecule has 1 aliphatic carbocycles. The molecular formula is C27H33F3N6O6S. The molecule has 1 saturated carbocycles. The lowest BCUT2D eigenvalue weighted by Gasteiger charge is -2.39. The molecule has 0 atom stereocenters. The number of hydrogen-bond donors (Lipinski definition) is 4. The number of likely N-dealkylation sites (tertiary alicyclic amines) is 1. The monoisotopic (exact) mass is 626 g/mol. The molecule has 2 aromatic carbocycles. The number of rotatable bonds is 13. The van der Waals surface area contributed by atoms with E-state index in [4.69, 9.17) is 10.1 Å². The highest BCUT2D eigenvalue weighted by Crippen LogP contribution is 2.38. The maximum atomic E-state index is 13.6. The predicted molar refractivity (Wildman–Crippen MR) is 148 cm³/mol. The van der Waals surface area contributed by atoms with Crippen molar-refractivity contribution in [2.45, 2.75) is 48.1 Å². The third kappa shape index (κ3) is 8.42. The number of ether oxygens (including phenoxy) is 2. The van der Waals surface area contributed by atoms with E-state index in [1.165, 1.54) is 49.2 Å². The summed E-state index contributed by atoms with van der Waals surface area (Å²) < 4.78 is 71.6. The van der Waals surface area contributed by atoms with Gasteiger partial charge in [0.15, 0.2) is 20.4 Å². The molecule has 2 fully saturated rings. The van der Waals surface area contributed by atoms with Crippen LogP contribution < -0.4 is 20.4 Å². The predicted octanol–water partition coefficient (Wildman–Crippen LogP) is 3.86. The Balaban J connectivity index is 1.22. The summed E-state index contributed by atoms with van der Waals surface area (Å²) in [7, 11) is -4.12. The minimum atomic E-state index is -4.80. The molecule has 12 nitrogen and oxygen atoms in total. The van der Waals surface area contributed by atoms with Crippen LogP contribution in [0.1, 0.15) is 37.7 Å². The number of benzene rings is 2. The topological polar surface area (TPSA) is 166 Å². The van der Waals surface area contributed by atoms with E-state index in [-0.39, 0.29) is 35.7 Å². The first kappa shape index (κ1) is 32.2. The minimum absolute atomic E-state index is 0.0360. The van der Waals surface area contributed by atoms with Crippen LogP contribution >= 0.6 is 0 Å². The van der Waals surface area contributed by atoms with Gasteiger partial charge in [-0.1, -0.05) is 5.22 Å². The van der Waals surface area contributed by atoms with Crippen molar-refractivity contribution in [1.29, 1.82) is 5.41 Å². The highest BCUT2D eigenvalue weighted by molar-refractivity contribution is 7.93. The average molecular weight is 627 g/mol. The smallest absolute Gasteiger partial charge is 0.494 e. The van der Waals surface area contributed by atoms with Crippen molar-refractivity contribution in [2.75, 3.05) is 32.8 Å². The van der Waals surface area contributed by atoms with E-state index in [1.54, 1.807) is 5.48 Å². The van der Waals surface area contributed by atoms with Gasteiger partial charge in [0.1, 0.15) is 11.5 Å². The molecule has 0 spiro atoms. The molecule has 0 aromatic heterocycles. The number of piperidine rings is 1. The van der Waals surface area contributed by atoms with E-state index in [2.05, 4.69) is 25.4 Å². The second-order valence-electron chi connectivity index (χ2n) is 10.4. The van der Waals surface area contributed by atoms with Gasteiger partial charge in [-0.05, 0) is 80.1 Å². The molecule has 16 heteroatoms. The number of nitrogens with one attached hydrogen (secondary N) is 3. The van der Waals surface area contributed by atoms with E-state index in [1.807, 2.05) is 0 Å². The van der Waals surface area contributed by atoms with Crippen molar-refractivity contribution >= 4 is 21.6 Å². The lowest BCUT2D eigenvalue weighted by Crippen LogP contribution is -2.57. The molecule has 4 rings (SSSR count). The normalized spacial score (nSPS) is 17.4. The standard InChI is InChI=1S/C27H33F3N6O6S/c28-27(29,30)42-22-6-4-20(5-7-22)24(31)33-35-32-14-1-17-41-21-8-10-23(11-9-21)43(39,40)26(25(37)34-38)12-15-36(16-13-26)18-19-2-3-19/h4-11,19,38H,1-3,12-18H2,(H,34,37)(H2,31,32,33). The molecule has 4 N–H and O–H groups in total. The zero-order valence-corrected chi connectivity index (χ0v) is 24.0. The van der Waals surface area contributed by atoms with E-state index >= 15 is 0 Å². The number of nitrogens with zero attached hydrogens (tertiary/aromatic N) is 3. The van der Waals surface area contributed by atoms with Crippen LogP contribution in [0.5, 0.6) is 11.5 Å². The van der Waals surface area contributed by atoms with E-state index in [0.29, 0.717) is 37.7 Å². The molecule has 43 heavy (non-hydrogen) atoms. The molecule has 1 aliphatic heterocycles. The molecule has 1 amide bonds. The Bertz CT molecular complexity index is 1390. The quantitative estimate of drug-likeness (QED) is 0.0650. The van der Waals surface area contributed by atoms with Crippen molar-refractivity contribution in [3.63, 3.8) is 0 Å². The summed E-state index contributed by atoms with van der Waals surface area (Å²) in [6.45, 7) is 2.38. The maximum Gasteiger partial charge on any atom is 0.573 e. The third-order valence-corrected chi connectivity index (χ3v) is 9.84. The number of carbonyl (C=O) groups excluding carboxylic acids is 1. The van der Waals surface area contributed by atoms with Crippen LogP contribution in [0.15, 0.2) is 63.8 Å². The Morgan fingerprint density at radius 3 is 2.28 bits per heavy atom. The Kier molecular flexibility index (Phi) is 10.2. The van der Waals surface area contributed by atoms with Gasteiger partial charge in [-0.3, -0.25) is 20.8 Å². The summed E-state index contributed by atoms with van der Waals surface area (Å²) in [5.74, 6) is -0.539. The highest BCUT2D eigenvalue weighted by atomic mass is 32.2. The number of carbonyl (C=O) groups is 1. The number of amidine groups is 1. The first-order valence-electron chi connectivity index (χ1n) is 13.7. The fraction of sp³-hybridized carbons (Fsp3) is 0.481. The van der Waals surface area contributed by atoms with Gasteiger partial charge in [0, 0.05) is 38.2 Å². The number of sulfone groups is 1. The number of amides is 1. The fourth-order valence-corrected chi connectivity index (χ4v) is 6.73. The summed E-state index contributed by atoms with van der Waals surface area (Å²) in [4.78, 5) is 14.8. The molecule has 0 bridgehead atoms. The Morgan fingerprint density at radius 1 is 1.07 bits per heavy atom. The molecule has 0 radical (unpaired) electrons. The van der Waals surface area contributed by atoms with Gasteiger partial charge in [0.2, 0.25) is 0 Å². The van der Waals surface area contributed by atoms with Gasteiger partial charge in [0.25, 0.3) is 5.91 Å². The largest absolute Gasteiger partial charge is 0.573 e. The van der Waals surface area contributed by atoms with Gasteiger partial charge in [-0.2, -0.15) is 0 Å².